The molecule has 2 aromatic rings. The van der Waals surface area contributed by atoms with E-state index in [4.69, 9.17) is 14.2 Å². The summed E-state index contributed by atoms with van der Waals surface area (Å²) in [6.07, 6.45) is 0. The molecule has 0 atom stereocenters. The zero-order valence-corrected chi connectivity index (χ0v) is 13.2. The van der Waals surface area contributed by atoms with Gasteiger partial charge in [0.15, 0.2) is 11.5 Å². The third-order valence-electron chi connectivity index (χ3n) is 3.32. The van der Waals surface area contributed by atoms with E-state index in [1.54, 1.807) is 24.3 Å². The molecular formula is C17H18FNO4. The number of halogens is 1. The molecule has 6 heteroatoms. The molecule has 0 saturated heterocycles. The number of hydrogen-bond acceptors (Lipinski definition) is 4. The average molecular weight is 319 g/mol. The van der Waals surface area contributed by atoms with Crippen molar-refractivity contribution in [2.45, 2.75) is 6.54 Å². The van der Waals surface area contributed by atoms with Gasteiger partial charge in [0, 0.05) is 6.54 Å². The zero-order valence-electron chi connectivity index (χ0n) is 13.2. The van der Waals surface area contributed by atoms with E-state index in [1.807, 2.05) is 0 Å². The molecule has 0 aromatic heterocycles. The maximum absolute atomic E-state index is 12.9. The van der Waals surface area contributed by atoms with E-state index < -0.39 is 0 Å². The maximum atomic E-state index is 12.9. The van der Waals surface area contributed by atoms with Gasteiger partial charge in [-0.25, -0.2) is 4.39 Å². The van der Waals surface area contributed by atoms with Gasteiger partial charge in [0.2, 0.25) is 5.75 Å². The predicted octanol–water partition coefficient (Wildman–Crippen LogP) is 2.78. The van der Waals surface area contributed by atoms with Crippen molar-refractivity contribution < 1.29 is 23.4 Å². The van der Waals surface area contributed by atoms with E-state index in [2.05, 4.69) is 5.32 Å². The molecule has 0 unspecified atom stereocenters. The van der Waals surface area contributed by atoms with Gasteiger partial charge in [-0.1, -0.05) is 12.1 Å². The van der Waals surface area contributed by atoms with Gasteiger partial charge < -0.3 is 19.5 Å². The second-order valence-electron chi connectivity index (χ2n) is 4.69. The van der Waals surface area contributed by atoms with Crippen molar-refractivity contribution in [1.82, 2.24) is 5.32 Å². The Morgan fingerprint density at radius 2 is 1.61 bits per heavy atom. The van der Waals surface area contributed by atoms with Crippen LogP contribution in [0.25, 0.3) is 0 Å². The van der Waals surface area contributed by atoms with Gasteiger partial charge in [-0.15, -0.1) is 0 Å². The Morgan fingerprint density at radius 3 is 2.17 bits per heavy atom. The summed E-state index contributed by atoms with van der Waals surface area (Å²) in [5.41, 5.74) is 1.12. The van der Waals surface area contributed by atoms with Gasteiger partial charge in [0.05, 0.1) is 26.9 Å². The van der Waals surface area contributed by atoms with Crippen molar-refractivity contribution in [2.75, 3.05) is 21.3 Å². The summed E-state index contributed by atoms with van der Waals surface area (Å²) in [7, 11) is 4.43. The standard InChI is InChI=1S/C17H18FNO4/c1-21-14-9-8-13(15(22-2)16(14)23-3)17(20)19-10-11-4-6-12(18)7-5-11/h4-9H,10H2,1-3H3,(H,19,20). The lowest BCUT2D eigenvalue weighted by atomic mass is 10.1. The fourth-order valence-electron chi connectivity index (χ4n) is 2.16. The molecule has 0 aliphatic heterocycles. The maximum Gasteiger partial charge on any atom is 0.255 e. The third-order valence-corrected chi connectivity index (χ3v) is 3.32. The van der Waals surface area contributed by atoms with Crippen LogP contribution in [0.2, 0.25) is 0 Å². The number of rotatable bonds is 6. The Labute approximate surface area is 134 Å². The van der Waals surface area contributed by atoms with Crippen LogP contribution in [-0.4, -0.2) is 27.2 Å². The van der Waals surface area contributed by atoms with Gasteiger partial charge in [-0.2, -0.15) is 0 Å². The highest BCUT2D eigenvalue weighted by atomic mass is 19.1. The highest BCUT2D eigenvalue weighted by Gasteiger charge is 2.20. The number of carbonyl (C=O) groups is 1. The van der Waals surface area contributed by atoms with E-state index in [0.717, 1.165) is 5.56 Å². The van der Waals surface area contributed by atoms with E-state index in [0.29, 0.717) is 22.8 Å². The van der Waals surface area contributed by atoms with Crippen LogP contribution in [0, 0.1) is 5.82 Å². The van der Waals surface area contributed by atoms with Crippen molar-refractivity contribution in [3.8, 4) is 17.2 Å². The molecule has 0 aliphatic carbocycles. The molecule has 1 N–H and O–H groups in total. The minimum atomic E-state index is -0.327. The molecule has 0 bridgehead atoms. The molecule has 0 fully saturated rings. The molecule has 0 spiro atoms. The van der Waals surface area contributed by atoms with Crippen LogP contribution in [0.1, 0.15) is 15.9 Å². The first-order valence-electron chi connectivity index (χ1n) is 6.92. The second-order valence-corrected chi connectivity index (χ2v) is 4.69. The van der Waals surface area contributed by atoms with E-state index in [1.165, 1.54) is 33.5 Å². The van der Waals surface area contributed by atoms with Gasteiger partial charge in [-0.05, 0) is 29.8 Å². The van der Waals surface area contributed by atoms with Crippen molar-refractivity contribution in [3.63, 3.8) is 0 Å². The SMILES string of the molecule is COc1ccc(C(=O)NCc2ccc(F)cc2)c(OC)c1OC. The Balaban J connectivity index is 2.20. The monoisotopic (exact) mass is 319 g/mol. The topological polar surface area (TPSA) is 56.8 Å². The van der Waals surface area contributed by atoms with Gasteiger partial charge in [-0.3, -0.25) is 4.79 Å². The summed E-state index contributed by atoms with van der Waals surface area (Å²) in [6.45, 7) is 0.274. The van der Waals surface area contributed by atoms with Crippen LogP contribution < -0.4 is 19.5 Å². The van der Waals surface area contributed by atoms with Crippen molar-refractivity contribution in [1.29, 1.82) is 0 Å². The summed E-state index contributed by atoms with van der Waals surface area (Å²) in [5.74, 6) is 0.473. The zero-order chi connectivity index (χ0) is 16.8. The molecule has 2 aromatic carbocycles. The largest absolute Gasteiger partial charge is 0.493 e. The summed E-state index contributed by atoms with van der Waals surface area (Å²) in [4.78, 5) is 12.4. The lowest BCUT2D eigenvalue weighted by molar-refractivity contribution is 0.0947. The Morgan fingerprint density at radius 1 is 0.957 bits per heavy atom. The molecule has 0 saturated carbocycles. The quantitative estimate of drug-likeness (QED) is 0.889. The molecule has 23 heavy (non-hydrogen) atoms. The van der Waals surface area contributed by atoms with E-state index >= 15 is 0 Å². The first-order valence-corrected chi connectivity index (χ1v) is 6.92. The number of ether oxygens (including phenoxy) is 3. The van der Waals surface area contributed by atoms with Crippen LogP contribution in [0.5, 0.6) is 17.2 Å². The minimum Gasteiger partial charge on any atom is -0.493 e. The van der Waals surface area contributed by atoms with Crippen molar-refractivity contribution in [3.05, 3.63) is 53.3 Å². The fraction of sp³-hybridized carbons (Fsp3) is 0.235. The number of nitrogens with one attached hydrogen (secondary N) is 1. The lowest BCUT2D eigenvalue weighted by Gasteiger charge is -2.15. The highest BCUT2D eigenvalue weighted by molar-refractivity contribution is 5.98. The number of hydrogen-bond donors (Lipinski definition) is 1. The van der Waals surface area contributed by atoms with E-state index in [9.17, 15) is 9.18 Å². The first kappa shape index (κ1) is 16.6. The normalized spacial score (nSPS) is 10.1. The average Bonchev–Trinajstić information content (AvgIpc) is 2.59. The molecule has 122 valence electrons. The lowest BCUT2D eigenvalue weighted by Crippen LogP contribution is -2.23. The van der Waals surface area contributed by atoms with Gasteiger partial charge in [0.1, 0.15) is 5.82 Å². The fourth-order valence-corrected chi connectivity index (χ4v) is 2.16. The number of amides is 1. The van der Waals surface area contributed by atoms with Crippen LogP contribution in [-0.2, 0) is 6.54 Å². The molecule has 0 aliphatic rings. The second kappa shape index (κ2) is 7.49. The Hall–Kier alpha value is -2.76. The number of benzene rings is 2. The summed E-state index contributed by atoms with van der Waals surface area (Å²) < 4.78 is 28.6. The minimum absolute atomic E-state index is 0.274. The molecular weight excluding hydrogens is 301 g/mol. The highest BCUT2D eigenvalue weighted by Crippen LogP contribution is 2.39. The van der Waals surface area contributed by atoms with Crippen LogP contribution in [0.3, 0.4) is 0 Å². The van der Waals surface area contributed by atoms with Gasteiger partial charge in [0.25, 0.3) is 5.91 Å². The van der Waals surface area contributed by atoms with Gasteiger partial charge >= 0.3 is 0 Å². The molecule has 0 heterocycles. The Kier molecular flexibility index (Phi) is 5.41. The van der Waals surface area contributed by atoms with Crippen molar-refractivity contribution >= 4 is 5.91 Å². The van der Waals surface area contributed by atoms with Crippen LogP contribution >= 0.6 is 0 Å². The first-order chi connectivity index (χ1) is 11.1. The molecule has 1 amide bonds. The summed E-state index contributed by atoms with van der Waals surface area (Å²) in [6, 6.07) is 9.15. The smallest absolute Gasteiger partial charge is 0.255 e. The Bertz CT molecular complexity index is 686. The van der Waals surface area contributed by atoms with E-state index in [-0.39, 0.29) is 18.3 Å². The van der Waals surface area contributed by atoms with Crippen molar-refractivity contribution in [2.24, 2.45) is 0 Å². The molecule has 2 rings (SSSR count). The summed E-state index contributed by atoms with van der Waals surface area (Å²) in [5, 5.41) is 2.76. The molecule has 0 radical (unpaired) electrons. The number of carbonyl (C=O) groups excluding carboxylic acids is 1. The van der Waals surface area contributed by atoms with Crippen LogP contribution in [0.15, 0.2) is 36.4 Å². The number of methoxy groups -OCH3 is 3. The molecule has 5 nitrogen and oxygen atoms in total. The summed E-state index contributed by atoms with van der Waals surface area (Å²) >= 11 is 0. The predicted molar refractivity (Wildman–Crippen MR) is 83.7 cm³/mol. The third kappa shape index (κ3) is 3.71. The van der Waals surface area contributed by atoms with Crippen LogP contribution in [0.4, 0.5) is 4.39 Å².